The maximum atomic E-state index is 12.5. The maximum Gasteiger partial charge on any atom is 0.257 e. The highest BCUT2D eigenvalue weighted by Crippen LogP contribution is 2.24. The van der Waals surface area contributed by atoms with Gasteiger partial charge < -0.3 is 5.73 Å². The molecule has 2 rings (SSSR count). The summed E-state index contributed by atoms with van der Waals surface area (Å²) in [5.41, 5.74) is 7.79. The van der Waals surface area contributed by atoms with Crippen molar-refractivity contribution in [2.75, 3.05) is 0 Å². The van der Waals surface area contributed by atoms with Crippen molar-refractivity contribution in [2.45, 2.75) is 12.5 Å². The van der Waals surface area contributed by atoms with Crippen LogP contribution in [0, 0.1) is 0 Å². The molecule has 18 heavy (non-hydrogen) atoms. The summed E-state index contributed by atoms with van der Waals surface area (Å²) in [6.45, 7) is 0. The summed E-state index contributed by atoms with van der Waals surface area (Å²) in [4.78, 5) is 0. The van der Waals surface area contributed by atoms with E-state index in [2.05, 4.69) is 0 Å². The van der Waals surface area contributed by atoms with E-state index in [1.165, 1.54) is 0 Å². The van der Waals surface area contributed by atoms with Gasteiger partial charge in [-0.15, -0.1) is 12.4 Å². The third-order valence-corrected chi connectivity index (χ3v) is 2.65. The average molecular weight is 270 g/mol. The van der Waals surface area contributed by atoms with Gasteiger partial charge in [0.25, 0.3) is 6.43 Å². The van der Waals surface area contributed by atoms with Gasteiger partial charge in [-0.25, -0.2) is 8.78 Å². The van der Waals surface area contributed by atoms with E-state index >= 15 is 0 Å². The van der Waals surface area contributed by atoms with Crippen LogP contribution in [0.15, 0.2) is 54.6 Å². The first kappa shape index (κ1) is 14.6. The Hall–Kier alpha value is -1.45. The van der Waals surface area contributed by atoms with Crippen LogP contribution in [0.2, 0.25) is 0 Å². The molecule has 2 N–H and O–H groups in total. The van der Waals surface area contributed by atoms with Crippen molar-refractivity contribution < 1.29 is 8.78 Å². The molecule has 0 aliphatic heterocycles. The summed E-state index contributed by atoms with van der Waals surface area (Å²) in [6.07, 6.45) is -2.54. The fourth-order valence-electron chi connectivity index (χ4n) is 1.70. The third-order valence-electron chi connectivity index (χ3n) is 2.65. The molecule has 0 heterocycles. The molecule has 0 bridgehead atoms. The molecule has 0 saturated heterocycles. The molecule has 4 heteroatoms. The molecule has 0 aliphatic carbocycles. The van der Waals surface area contributed by atoms with E-state index in [9.17, 15) is 8.78 Å². The molecule has 1 nitrogen and oxygen atoms in total. The molecule has 0 unspecified atom stereocenters. The van der Waals surface area contributed by atoms with Crippen LogP contribution in [0.1, 0.15) is 11.6 Å². The van der Waals surface area contributed by atoms with Crippen LogP contribution < -0.4 is 5.73 Å². The Kier molecular flexibility index (Phi) is 5.25. The fourth-order valence-corrected chi connectivity index (χ4v) is 1.70. The summed E-state index contributed by atoms with van der Waals surface area (Å²) < 4.78 is 25.0. The minimum absolute atomic E-state index is 0. The molecule has 2 aromatic rings. The van der Waals surface area contributed by atoms with Crippen LogP contribution in [-0.2, 0) is 0 Å². The molecule has 0 fully saturated rings. The first-order valence-electron chi connectivity index (χ1n) is 5.37. The Bertz CT molecular complexity index is 488. The molecule has 0 saturated carbocycles. The van der Waals surface area contributed by atoms with Gasteiger partial charge in [0.05, 0.1) is 6.04 Å². The SMILES string of the molecule is Cl.N[C@@H](c1cccc(-c2ccccc2)c1)C(F)F. The number of benzene rings is 2. The average Bonchev–Trinajstić information content (AvgIpc) is 2.39. The second-order valence-electron chi connectivity index (χ2n) is 3.85. The van der Waals surface area contributed by atoms with Gasteiger partial charge in [0.15, 0.2) is 0 Å². The van der Waals surface area contributed by atoms with E-state index in [0.717, 1.165) is 11.1 Å². The second kappa shape index (κ2) is 6.47. The van der Waals surface area contributed by atoms with Crippen molar-refractivity contribution in [3.63, 3.8) is 0 Å². The van der Waals surface area contributed by atoms with Crippen LogP contribution >= 0.6 is 12.4 Å². The quantitative estimate of drug-likeness (QED) is 0.894. The lowest BCUT2D eigenvalue weighted by atomic mass is 10.00. The number of hydrogen-bond acceptors (Lipinski definition) is 1. The van der Waals surface area contributed by atoms with E-state index in [1.807, 2.05) is 36.4 Å². The molecule has 0 spiro atoms. The summed E-state index contributed by atoms with van der Waals surface area (Å²) in [6, 6.07) is 15.4. The first-order chi connectivity index (χ1) is 8.18. The van der Waals surface area contributed by atoms with Gasteiger partial charge in [0.2, 0.25) is 0 Å². The van der Waals surface area contributed by atoms with Gasteiger partial charge in [0.1, 0.15) is 0 Å². The van der Waals surface area contributed by atoms with Crippen LogP contribution in [0.5, 0.6) is 0 Å². The molecule has 96 valence electrons. The van der Waals surface area contributed by atoms with Gasteiger partial charge in [-0.3, -0.25) is 0 Å². The first-order valence-corrected chi connectivity index (χ1v) is 5.37. The smallest absolute Gasteiger partial charge is 0.257 e. The van der Waals surface area contributed by atoms with Crippen molar-refractivity contribution in [2.24, 2.45) is 5.73 Å². The lowest BCUT2D eigenvalue weighted by Gasteiger charge is -2.12. The highest BCUT2D eigenvalue weighted by Gasteiger charge is 2.17. The number of halogens is 3. The van der Waals surface area contributed by atoms with Crippen LogP contribution in [0.25, 0.3) is 11.1 Å². The number of rotatable bonds is 3. The lowest BCUT2D eigenvalue weighted by molar-refractivity contribution is 0.116. The normalized spacial score (nSPS) is 12.0. The highest BCUT2D eigenvalue weighted by atomic mass is 35.5. The molecule has 0 aliphatic rings. The van der Waals surface area contributed by atoms with Gasteiger partial charge in [-0.2, -0.15) is 0 Å². The molecule has 2 aromatic carbocycles. The minimum Gasteiger partial charge on any atom is -0.319 e. The van der Waals surface area contributed by atoms with Gasteiger partial charge in [0, 0.05) is 0 Å². The zero-order valence-corrected chi connectivity index (χ0v) is 10.4. The Morgan fingerprint density at radius 3 is 2.06 bits per heavy atom. The second-order valence-corrected chi connectivity index (χ2v) is 3.85. The van der Waals surface area contributed by atoms with Crippen molar-refractivity contribution in [3.05, 3.63) is 60.2 Å². The summed E-state index contributed by atoms with van der Waals surface area (Å²) >= 11 is 0. The van der Waals surface area contributed by atoms with Gasteiger partial charge in [-0.05, 0) is 22.8 Å². The lowest BCUT2D eigenvalue weighted by Crippen LogP contribution is -2.18. The predicted molar refractivity (Wildman–Crippen MR) is 72.1 cm³/mol. The van der Waals surface area contributed by atoms with Crippen molar-refractivity contribution in [1.82, 2.24) is 0 Å². The van der Waals surface area contributed by atoms with E-state index in [-0.39, 0.29) is 12.4 Å². The van der Waals surface area contributed by atoms with E-state index in [4.69, 9.17) is 5.73 Å². The van der Waals surface area contributed by atoms with Crippen molar-refractivity contribution in [1.29, 1.82) is 0 Å². The Morgan fingerprint density at radius 2 is 1.44 bits per heavy atom. The van der Waals surface area contributed by atoms with Crippen molar-refractivity contribution in [3.8, 4) is 11.1 Å². The largest absolute Gasteiger partial charge is 0.319 e. The van der Waals surface area contributed by atoms with Crippen LogP contribution in [0.3, 0.4) is 0 Å². The van der Waals surface area contributed by atoms with Gasteiger partial charge >= 0.3 is 0 Å². The standard InChI is InChI=1S/C14H13F2N.ClH/c15-14(16)13(17)12-8-4-7-11(9-12)10-5-2-1-3-6-10;/h1-9,13-14H,17H2;1H/t13-;/m0./s1. The summed E-state index contributed by atoms with van der Waals surface area (Å²) in [5, 5.41) is 0. The van der Waals surface area contributed by atoms with E-state index < -0.39 is 12.5 Å². The monoisotopic (exact) mass is 269 g/mol. The molecule has 0 radical (unpaired) electrons. The zero-order valence-electron chi connectivity index (χ0n) is 9.59. The fraction of sp³-hybridized carbons (Fsp3) is 0.143. The molecule has 1 atom stereocenters. The zero-order chi connectivity index (χ0) is 12.3. The van der Waals surface area contributed by atoms with E-state index in [1.54, 1.807) is 18.2 Å². The van der Waals surface area contributed by atoms with Crippen LogP contribution in [-0.4, -0.2) is 6.43 Å². The van der Waals surface area contributed by atoms with Crippen molar-refractivity contribution >= 4 is 12.4 Å². The van der Waals surface area contributed by atoms with Gasteiger partial charge in [-0.1, -0.05) is 48.5 Å². The molecular weight excluding hydrogens is 256 g/mol. The number of alkyl halides is 2. The Labute approximate surface area is 111 Å². The maximum absolute atomic E-state index is 12.5. The Morgan fingerprint density at radius 1 is 0.833 bits per heavy atom. The molecular formula is C14H14ClF2N. The number of nitrogens with two attached hydrogens (primary N) is 1. The predicted octanol–water partition coefficient (Wildman–Crippen LogP) is 4.04. The molecule has 0 aromatic heterocycles. The van der Waals surface area contributed by atoms with Crippen LogP contribution in [0.4, 0.5) is 8.78 Å². The third kappa shape index (κ3) is 3.28. The summed E-state index contributed by atoms with van der Waals surface area (Å²) in [5.74, 6) is 0. The highest BCUT2D eigenvalue weighted by molar-refractivity contribution is 5.85. The minimum atomic E-state index is -2.54. The summed E-state index contributed by atoms with van der Waals surface area (Å²) in [7, 11) is 0. The Balaban J connectivity index is 0.00000162. The number of hydrogen-bond donors (Lipinski definition) is 1. The van der Waals surface area contributed by atoms with E-state index in [0.29, 0.717) is 5.56 Å². The molecule has 0 amide bonds. The topological polar surface area (TPSA) is 26.0 Å².